The highest BCUT2D eigenvalue weighted by Crippen LogP contribution is 2.36. The van der Waals surface area contributed by atoms with E-state index in [1.807, 2.05) is 41.1 Å². The molecule has 0 saturated heterocycles. The van der Waals surface area contributed by atoms with Gasteiger partial charge in [0, 0.05) is 16.6 Å². The van der Waals surface area contributed by atoms with E-state index in [2.05, 4.69) is 25.8 Å². The molecule has 5 aromatic rings. The lowest BCUT2D eigenvalue weighted by molar-refractivity contribution is -0.116. The molecule has 0 unspecified atom stereocenters. The third-order valence-electron chi connectivity index (χ3n) is 5.45. The van der Waals surface area contributed by atoms with Crippen molar-refractivity contribution in [2.75, 3.05) is 5.32 Å². The van der Waals surface area contributed by atoms with Crippen LogP contribution in [0.5, 0.6) is 0 Å². The molecular weight excluding hydrogens is 410 g/mol. The first-order chi connectivity index (χ1) is 15.7. The molecule has 6 rings (SSSR count). The van der Waals surface area contributed by atoms with Crippen LogP contribution in [0.2, 0.25) is 0 Å². The topological polar surface area (TPSA) is 121 Å². The number of nitrogens with one attached hydrogen (secondary N) is 1. The van der Waals surface area contributed by atoms with Gasteiger partial charge in [-0.1, -0.05) is 24.3 Å². The summed E-state index contributed by atoms with van der Waals surface area (Å²) in [5.74, 6) is 0.308. The molecule has 10 heteroatoms. The molecule has 0 radical (unpaired) electrons. The molecule has 0 spiro atoms. The van der Waals surface area contributed by atoms with Crippen molar-refractivity contribution in [1.29, 1.82) is 0 Å². The zero-order chi connectivity index (χ0) is 21.7. The molecule has 1 fully saturated rings. The van der Waals surface area contributed by atoms with Gasteiger partial charge in [0.2, 0.25) is 11.5 Å². The van der Waals surface area contributed by atoms with Crippen LogP contribution in [0.1, 0.15) is 18.9 Å². The van der Waals surface area contributed by atoms with Crippen molar-refractivity contribution >= 4 is 33.7 Å². The predicted octanol–water partition coefficient (Wildman–Crippen LogP) is 2.77. The standard InChI is InChI=1S/C22H17N7O3/c30-18(11-28-12-23-19-16-6-1-2-7-17(16)32-20(19)22(28)31)24-14-5-3-4-13(10-14)21-25-26-27-29(21)15-8-9-15/h1-7,10,12,15H,8-9,11H2,(H,24,30). The molecule has 2 aromatic carbocycles. The molecule has 1 amide bonds. The van der Waals surface area contributed by atoms with E-state index >= 15 is 0 Å². The maximum Gasteiger partial charge on any atom is 0.297 e. The van der Waals surface area contributed by atoms with E-state index in [9.17, 15) is 9.59 Å². The van der Waals surface area contributed by atoms with Gasteiger partial charge in [0.25, 0.3) is 5.56 Å². The number of carbonyl (C=O) groups is 1. The van der Waals surface area contributed by atoms with Crippen molar-refractivity contribution in [3.63, 3.8) is 0 Å². The fourth-order valence-electron chi connectivity index (χ4n) is 3.77. The third kappa shape index (κ3) is 3.13. The van der Waals surface area contributed by atoms with Crippen LogP contribution < -0.4 is 10.9 Å². The van der Waals surface area contributed by atoms with Crippen LogP contribution >= 0.6 is 0 Å². The Balaban J connectivity index is 1.25. The van der Waals surface area contributed by atoms with Gasteiger partial charge in [-0.2, -0.15) is 0 Å². The maximum absolute atomic E-state index is 12.8. The summed E-state index contributed by atoms with van der Waals surface area (Å²) in [6.45, 7) is -0.192. The number of hydrogen-bond acceptors (Lipinski definition) is 7. The second-order valence-corrected chi connectivity index (χ2v) is 7.76. The molecule has 10 nitrogen and oxygen atoms in total. The number of amides is 1. The lowest BCUT2D eigenvalue weighted by Gasteiger charge is -2.09. The minimum Gasteiger partial charge on any atom is -0.448 e. The van der Waals surface area contributed by atoms with E-state index in [4.69, 9.17) is 4.42 Å². The van der Waals surface area contributed by atoms with Crippen molar-refractivity contribution < 1.29 is 9.21 Å². The molecule has 1 N–H and O–H groups in total. The van der Waals surface area contributed by atoms with E-state index < -0.39 is 5.56 Å². The number of furan rings is 1. The summed E-state index contributed by atoms with van der Waals surface area (Å²) in [5, 5.41) is 15.6. The van der Waals surface area contributed by atoms with Gasteiger partial charge < -0.3 is 9.73 Å². The van der Waals surface area contributed by atoms with Crippen molar-refractivity contribution in [3.8, 4) is 11.4 Å². The molecule has 1 aliphatic rings. The van der Waals surface area contributed by atoms with Crippen LogP contribution in [0.4, 0.5) is 5.69 Å². The monoisotopic (exact) mass is 427 g/mol. The van der Waals surface area contributed by atoms with Crippen molar-refractivity contribution in [2.45, 2.75) is 25.4 Å². The van der Waals surface area contributed by atoms with Gasteiger partial charge in [0.05, 0.1) is 12.4 Å². The molecule has 3 aromatic heterocycles. The number of para-hydroxylation sites is 1. The lowest BCUT2D eigenvalue weighted by Crippen LogP contribution is -2.27. The van der Waals surface area contributed by atoms with Crippen LogP contribution in [-0.2, 0) is 11.3 Å². The Kier molecular flexibility index (Phi) is 4.10. The van der Waals surface area contributed by atoms with Gasteiger partial charge in [-0.3, -0.25) is 14.2 Å². The number of rotatable bonds is 5. The molecule has 3 heterocycles. The van der Waals surface area contributed by atoms with Crippen LogP contribution in [0.25, 0.3) is 33.5 Å². The predicted molar refractivity (Wildman–Crippen MR) is 116 cm³/mol. The van der Waals surface area contributed by atoms with Gasteiger partial charge in [-0.05, 0) is 47.5 Å². The largest absolute Gasteiger partial charge is 0.448 e. The molecule has 1 saturated carbocycles. The smallest absolute Gasteiger partial charge is 0.297 e. The number of carbonyl (C=O) groups excluding carboxylic acids is 1. The Morgan fingerprint density at radius 2 is 2.03 bits per heavy atom. The Morgan fingerprint density at radius 1 is 1.16 bits per heavy atom. The highest BCUT2D eigenvalue weighted by molar-refractivity contribution is 6.01. The highest BCUT2D eigenvalue weighted by Gasteiger charge is 2.28. The summed E-state index contributed by atoms with van der Waals surface area (Å²) < 4.78 is 8.72. The average Bonchev–Trinajstić information content (AvgIpc) is 3.39. The second kappa shape index (κ2) is 7.12. The first kappa shape index (κ1) is 18.4. The Labute approximate surface area is 180 Å². The number of benzene rings is 2. The zero-order valence-corrected chi connectivity index (χ0v) is 16.8. The summed E-state index contributed by atoms with van der Waals surface area (Å²) in [6.07, 6.45) is 3.49. The summed E-state index contributed by atoms with van der Waals surface area (Å²) >= 11 is 0. The normalized spacial score (nSPS) is 13.6. The first-order valence-electron chi connectivity index (χ1n) is 10.2. The Bertz CT molecular complexity index is 1540. The number of hydrogen-bond donors (Lipinski definition) is 1. The van der Waals surface area contributed by atoms with Gasteiger partial charge in [-0.25, -0.2) is 9.67 Å². The number of tetrazole rings is 1. The molecule has 1 aliphatic carbocycles. The SMILES string of the molecule is O=C(Cn1cnc2c(oc3ccccc32)c1=O)Nc1cccc(-c2nnnn2C2CC2)c1. The summed E-state index contributed by atoms with van der Waals surface area (Å²) in [5.41, 5.74) is 2.20. The summed E-state index contributed by atoms with van der Waals surface area (Å²) in [6, 6.07) is 14.9. The minimum absolute atomic E-state index is 0.135. The van der Waals surface area contributed by atoms with Crippen molar-refractivity contribution in [1.82, 2.24) is 29.8 Å². The van der Waals surface area contributed by atoms with E-state index in [-0.39, 0.29) is 18.0 Å². The van der Waals surface area contributed by atoms with Crippen LogP contribution in [-0.4, -0.2) is 35.7 Å². The molecule has 32 heavy (non-hydrogen) atoms. The third-order valence-corrected chi connectivity index (χ3v) is 5.45. The quantitative estimate of drug-likeness (QED) is 0.458. The van der Waals surface area contributed by atoms with Gasteiger partial charge in [0.15, 0.2) is 5.82 Å². The highest BCUT2D eigenvalue weighted by atomic mass is 16.3. The number of aromatic nitrogens is 6. The fraction of sp³-hybridized carbons (Fsp3) is 0.182. The van der Waals surface area contributed by atoms with Gasteiger partial charge in [-0.15, -0.1) is 5.10 Å². The van der Waals surface area contributed by atoms with Crippen molar-refractivity contribution in [2.24, 2.45) is 0 Å². The number of nitrogens with zero attached hydrogens (tertiary/aromatic N) is 6. The van der Waals surface area contributed by atoms with E-state index in [0.717, 1.165) is 23.8 Å². The maximum atomic E-state index is 12.8. The lowest BCUT2D eigenvalue weighted by atomic mass is 10.2. The molecule has 0 bridgehead atoms. The van der Waals surface area contributed by atoms with Crippen LogP contribution in [0.15, 0.2) is 64.1 Å². The Hall–Kier alpha value is -4.34. The molecule has 0 atom stereocenters. The first-order valence-corrected chi connectivity index (χ1v) is 10.2. The molecule has 158 valence electrons. The van der Waals surface area contributed by atoms with Gasteiger partial charge >= 0.3 is 0 Å². The average molecular weight is 427 g/mol. The van der Waals surface area contributed by atoms with Gasteiger partial charge in [0.1, 0.15) is 17.6 Å². The summed E-state index contributed by atoms with van der Waals surface area (Å²) in [7, 11) is 0. The van der Waals surface area contributed by atoms with Crippen LogP contribution in [0, 0.1) is 0 Å². The minimum atomic E-state index is -0.404. The fourth-order valence-corrected chi connectivity index (χ4v) is 3.77. The molecule has 0 aliphatic heterocycles. The second-order valence-electron chi connectivity index (χ2n) is 7.76. The summed E-state index contributed by atoms with van der Waals surface area (Å²) in [4.78, 5) is 29.8. The number of fused-ring (bicyclic) bond motifs is 3. The van der Waals surface area contributed by atoms with E-state index in [0.29, 0.717) is 28.7 Å². The zero-order valence-electron chi connectivity index (χ0n) is 16.8. The van der Waals surface area contributed by atoms with E-state index in [1.165, 1.54) is 10.9 Å². The number of anilines is 1. The Morgan fingerprint density at radius 3 is 2.91 bits per heavy atom. The molecular formula is C22H17N7O3. The van der Waals surface area contributed by atoms with Crippen molar-refractivity contribution in [3.05, 3.63) is 65.2 Å². The van der Waals surface area contributed by atoms with E-state index in [1.54, 1.807) is 12.1 Å². The van der Waals surface area contributed by atoms with Crippen LogP contribution in [0.3, 0.4) is 0 Å².